The van der Waals surface area contributed by atoms with Crippen molar-refractivity contribution in [1.82, 2.24) is 4.90 Å². The van der Waals surface area contributed by atoms with Crippen LogP contribution < -0.4 is 0 Å². The van der Waals surface area contributed by atoms with Gasteiger partial charge in [-0.2, -0.15) is 13.2 Å². The van der Waals surface area contributed by atoms with E-state index in [0.717, 1.165) is 18.1 Å². The van der Waals surface area contributed by atoms with Crippen LogP contribution in [0.25, 0.3) is 11.1 Å². The molecule has 0 aliphatic carbocycles. The normalized spacial score (nSPS) is 12.0. The molecule has 5 nitrogen and oxygen atoms in total. The van der Waals surface area contributed by atoms with E-state index in [1.54, 1.807) is 42.5 Å². The Balaban J connectivity index is 1.79. The van der Waals surface area contributed by atoms with Gasteiger partial charge in [0.05, 0.1) is 6.42 Å². The van der Waals surface area contributed by atoms with Gasteiger partial charge in [0, 0.05) is 12.5 Å². The van der Waals surface area contributed by atoms with E-state index in [2.05, 4.69) is 0 Å². The number of hydrogen-bond acceptors (Lipinski definition) is 4. The molecule has 0 radical (unpaired) electrons. The molecule has 0 bridgehead atoms. The zero-order valence-corrected chi connectivity index (χ0v) is 18.3. The molecule has 3 rings (SSSR count). The van der Waals surface area contributed by atoms with Crippen LogP contribution in [0, 0.1) is 0 Å². The van der Waals surface area contributed by atoms with Crippen molar-refractivity contribution in [2.45, 2.75) is 32.2 Å². The van der Waals surface area contributed by atoms with E-state index >= 15 is 0 Å². The number of nitrogens with zero attached hydrogens (tertiary/aromatic N) is 1. The summed E-state index contributed by atoms with van der Waals surface area (Å²) in [7, 11) is 0. The zero-order chi connectivity index (χ0) is 24.7. The van der Waals surface area contributed by atoms with Crippen molar-refractivity contribution in [3.05, 3.63) is 96.1 Å². The van der Waals surface area contributed by atoms with Crippen molar-refractivity contribution in [1.29, 1.82) is 0 Å². The summed E-state index contributed by atoms with van der Waals surface area (Å²) in [4.78, 5) is 37.3. The lowest BCUT2D eigenvalue weighted by atomic mass is 10.0. The smallest absolute Gasteiger partial charge is 0.409 e. The van der Waals surface area contributed by atoms with Crippen LogP contribution in [0.1, 0.15) is 29.3 Å². The number of esters is 1. The number of hydrogen-bond donors (Lipinski definition) is 0. The van der Waals surface area contributed by atoms with Gasteiger partial charge >= 0.3 is 12.1 Å². The third-order valence-corrected chi connectivity index (χ3v) is 5.09. The quantitative estimate of drug-likeness (QED) is 0.435. The van der Waals surface area contributed by atoms with Gasteiger partial charge in [0.1, 0.15) is 12.6 Å². The summed E-state index contributed by atoms with van der Waals surface area (Å²) in [5.74, 6) is -3.45. The molecule has 176 valence electrons. The lowest BCUT2D eigenvalue weighted by Gasteiger charge is -2.30. The minimum Gasteiger partial charge on any atom is -0.461 e. The van der Waals surface area contributed by atoms with Crippen LogP contribution >= 0.6 is 0 Å². The average molecular weight is 469 g/mol. The fraction of sp³-hybridized carbons (Fsp3) is 0.192. The predicted molar refractivity (Wildman–Crippen MR) is 119 cm³/mol. The number of carbonyl (C=O) groups excluding carboxylic acids is 3. The Morgan fingerprint density at radius 2 is 1.35 bits per heavy atom. The number of ether oxygens (including phenoxy) is 1. The third-order valence-electron chi connectivity index (χ3n) is 5.09. The highest BCUT2D eigenvalue weighted by atomic mass is 19.4. The molecular weight excluding hydrogens is 447 g/mol. The van der Waals surface area contributed by atoms with Crippen LogP contribution in [-0.2, 0) is 20.9 Å². The molecule has 0 aliphatic rings. The van der Waals surface area contributed by atoms with Gasteiger partial charge in [-0.3, -0.25) is 19.3 Å². The molecule has 2 amide bonds. The fourth-order valence-corrected chi connectivity index (χ4v) is 3.39. The average Bonchev–Trinajstić information content (AvgIpc) is 2.83. The predicted octanol–water partition coefficient (Wildman–Crippen LogP) is 5.41. The molecule has 0 saturated carbocycles. The highest BCUT2D eigenvalue weighted by molar-refractivity contribution is 6.05. The molecule has 1 atom stereocenters. The zero-order valence-electron chi connectivity index (χ0n) is 18.3. The first-order valence-electron chi connectivity index (χ1n) is 10.4. The lowest BCUT2D eigenvalue weighted by molar-refractivity contribution is -0.189. The molecule has 0 aliphatic heterocycles. The first kappa shape index (κ1) is 24.7. The molecule has 0 fully saturated rings. The van der Waals surface area contributed by atoms with Gasteiger partial charge in [0.25, 0.3) is 5.91 Å². The van der Waals surface area contributed by atoms with Crippen molar-refractivity contribution in [3.8, 4) is 11.1 Å². The van der Waals surface area contributed by atoms with Crippen molar-refractivity contribution >= 4 is 17.8 Å². The van der Waals surface area contributed by atoms with Crippen LogP contribution in [0.15, 0.2) is 84.9 Å². The van der Waals surface area contributed by atoms with Crippen molar-refractivity contribution in [2.24, 2.45) is 0 Å². The topological polar surface area (TPSA) is 63.7 Å². The number of benzene rings is 3. The first-order chi connectivity index (χ1) is 16.2. The SMILES string of the molecule is CC(=O)N(C(=O)c1ccc(-c2ccccc2)cc1)C(CC(=O)OCc1ccccc1)C(F)(F)F. The summed E-state index contributed by atoms with van der Waals surface area (Å²) in [6.45, 7) is 0.628. The Morgan fingerprint density at radius 3 is 1.88 bits per heavy atom. The minimum absolute atomic E-state index is 0.0707. The molecular formula is C26H22F3NO4. The van der Waals surface area contributed by atoms with Gasteiger partial charge in [-0.25, -0.2) is 0 Å². The molecule has 0 heterocycles. The third kappa shape index (κ3) is 6.31. The number of imide groups is 1. The van der Waals surface area contributed by atoms with Gasteiger partial charge in [0.15, 0.2) is 0 Å². The van der Waals surface area contributed by atoms with Gasteiger partial charge in [-0.05, 0) is 28.8 Å². The Kier molecular flexibility index (Phi) is 7.83. The summed E-state index contributed by atoms with van der Waals surface area (Å²) in [6, 6.07) is 20.8. The largest absolute Gasteiger partial charge is 0.461 e. The second-order valence-corrected chi connectivity index (χ2v) is 7.55. The molecule has 8 heteroatoms. The van der Waals surface area contributed by atoms with Crippen LogP contribution in [0.5, 0.6) is 0 Å². The number of halogens is 3. The van der Waals surface area contributed by atoms with E-state index in [1.807, 2.05) is 30.3 Å². The van der Waals surface area contributed by atoms with Crippen molar-refractivity contribution < 1.29 is 32.3 Å². The molecule has 34 heavy (non-hydrogen) atoms. The number of amides is 2. The molecule has 3 aromatic carbocycles. The van der Waals surface area contributed by atoms with Gasteiger partial charge < -0.3 is 4.74 Å². The van der Waals surface area contributed by atoms with Crippen LogP contribution in [0.2, 0.25) is 0 Å². The monoisotopic (exact) mass is 469 g/mol. The second kappa shape index (κ2) is 10.8. The maximum Gasteiger partial charge on any atom is 0.409 e. The van der Waals surface area contributed by atoms with Crippen molar-refractivity contribution in [3.63, 3.8) is 0 Å². The Hall–Kier alpha value is -3.94. The summed E-state index contributed by atoms with van der Waals surface area (Å²) in [5.41, 5.74) is 2.10. The highest BCUT2D eigenvalue weighted by Crippen LogP contribution is 2.30. The minimum atomic E-state index is -5.03. The van der Waals surface area contributed by atoms with Gasteiger partial charge in [-0.1, -0.05) is 72.8 Å². The van der Waals surface area contributed by atoms with Crippen molar-refractivity contribution in [2.75, 3.05) is 0 Å². The van der Waals surface area contributed by atoms with Gasteiger partial charge in [0.2, 0.25) is 5.91 Å². The maximum absolute atomic E-state index is 13.9. The highest BCUT2D eigenvalue weighted by Gasteiger charge is 2.48. The Labute approximate surface area is 194 Å². The van der Waals surface area contributed by atoms with Crippen LogP contribution in [-0.4, -0.2) is 34.9 Å². The number of alkyl halides is 3. The maximum atomic E-state index is 13.9. The molecule has 3 aromatic rings. The van der Waals surface area contributed by atoms with E-state index in [1.165, 1.54) is 12.1 Å². The second-order valence-electron chi connectivity index (χ2n) is 7.55. The molecule has 0 aromatic heterocycles. The number of rotatable bonds is 7. The Bertz CT molecular complexity index is 1130. The van der Waals surface area contributed by atoms with Crippen LogP contribution in [0.4, 0.5) is 13.2 Å². The van der Waals surface area contributed by atoms with E-state index in [9.17, 15) is 27.6 Å². The van der Waals surface area contributed by atoms with Crippen LogP contribution in [0.3, 0.4) is 0 Å². The van der Waals surface area contributed by atoms with E-state index < -0.39 is 36.4 Å². The summed E-state index contributed by atoms with van der Waals surface area (Å²) in [6.07, 6.45) is -6.24. The molecule has 1 unspecified atom stereocenters. The van der Waals surface area contributed by atoms with Gasteiger partial charge in [-0.15, -0.1) is 0 Å². The molecule has 0 saturated heterocycles. The standard InChI is InChI=1S/C26H22F3NO4/c1-18(31)30(25(33)22-14-12-21(13-15-22)20-10-6-3-7-11-20)23(26(27,28)29)16-24(32)34-17-19-8-4-2-5-9-19/h2-15,23H,16-17H2,1H3. The summed E-state index contributed by atoms with van der Waals surface area (Å²) >= 11 is 0. The number of carbonyl (C=O) groups is 3. The Morgan fingerprint density at radius 1 is 0.824 bits per heavy atom. The van der Waals surface area contributed by atoms with E-state index in [4.69, 9.17) is 4.74 Å². The first-order valence-corrected chi connectivity index (χ1v) is 10.4. The summed E-state index contributed by atoms with van der Waals surface area (Å²) < 4.78 is 46.5. The lowest BCUT2D eigenvalue weighted by Crippen LogP contribution is -2.52. The summed E-state index contributed by atoms with van der Waals surface area (Å²) in [5, 5.41) is 0. The van der Waals surface area contributed by atoms with E-state index in [0.29, 0.717) is 5.56 Å². The fourth-order valence-electron chi connectivity index (χ4n) is 3.39. The van der Waals surface area contributed by atoms with E-state index in [-0.39, 0.29) is 17.1 Å². The molecule has 0 N–H and O–H groups in total. The molecule has 0 spiro atoms.